The van der Waals surface area contributed by atoms with Crippen LogP contribution in [0.3, 0.4) is 0 Å². The zero-order valence-corrected chi connectivity index (χ0v) is 45.2. The molecule has 2 fully saturated rings. The van der Waals surface area contributed by atoms with Gasteiger partial charge in [-0.15, -0.1) is 0 Å². The van der Waals surface area contributed by atoms with Crippen LogP contribution in [-0.2, 0) is 48.0 Å². The fourth-order valence-corrected chi connectivity index (χ4v) is 13.7. The van der Waals surface area contributed by atoms with Gasteiger partial charge >= 0.3 is 6.03 Å². The number of rotatable bonds is 16. The van der Waals surface area contributed by atoms with Crippen molar-refractivity contribution in [3.63, 3.8) is 0 Å². The molecule has 3 aromatic rings. The molecule has 0 aromatic heterocycles. The molecule has 2 saturated heterocycles. The van der Waals surface area contributed by atoms with Gasteiger partial charge in [0, 0.05) is 24.8 Å². The molecule has 2 aliphatic carbocycles. The number of carbonyl (C=O) groups is 7. The summed E-state index contributed by atoms with van der Waals surface area (Å²) in [6.45, 7) is 13.4. The highest BCUT2D eigenvalue weighted by Gasteiger charge is 2.48. The Morgan fingerprint density at radius 3 is 1.75 bits per heavy atom. The van der Waals surface area contributed by atoms with E-state index in [1.165, 1.54) is 16.0 Å². The molecule has 0 spiro atoms. The number of amides is 8. The van der Waals surface area contributed by atoms with Crippen LogP contribution in [0.15, 0.2) is 72.8 Å². The van der Waals surface area contributed by atoms with Crippen LogP contribution in [0.25, 0.3) is 0 Å². The molecule has 0 radical (unpaired) electrons. The molecule has 73 heavy (non-hydrogen) atoms. The SMILES string of the molecule is CN[C@@H](C)C(=O)N[C@@H](Cc1ccc(NC(=O)N[C@H]2C[C@@H](C(=O)N[C@@H]3CCCc4ccccc43)N(C(=O)[C@@H](NC(=O)[C@H](C)NC)C(C)(C)C)C2)cc1)C(=O)N1C[Si](C)(C)C[C@H]1C(=O)N[C@@H]1CCCc2ccccc21. The predicted octanol–water partition coefficient (Wildman–Crippen LogP) is 4.40. The molecule has 3 aromatic carbocycles. The van der Waals surface area contributed by atoms with E-state index in [9.17, 15) is 33.6 Å². The maximum atomic E-state index is 14.7. The lowest BCUT2D eigenvalue weighted by Crippen LogP contribution is -2.59. The summed E-state index contributed by atoms with van der Waals surface area (Å²) in [6, 6.07) is 17.7. The third kappa shape index (κ3) is 13.4. The Balaban J connectivity index is 1.04. The van der Waals surface area contributed by atoms with Gasteiger partial charge in [0.25, 0.3) is 0 Å². The number of aryl methyl sites for hydroxylation is 2. The van der Waals surface area contributed by atoms with E-state index in [0.29, 0.717) is 17.9 Å². The van der Waals surface area contributed by atoms with E-state index in [4.69, 9.17) is 0 Å². The summed E-state index contributed by atoms with van der Waals surface area (Å²) in [5, 5.41) is 24.2. The highest BCUT2D eigenvalue weighted by molar-refractivity contribution is 6.79. The van der Waals surface area contributed by atoms with Crippen LogP contribution in [0, 0.1) is 5.41 Å². The molecule has 394 valence electrons. The van der Waals surface area contributed by atoms with E-state index in [-0.39, 0.29) is 61.0 Å². The molecule has 9 atom stereocenters. The first-order valence-electron chi connectivity index (χ1n) is 26.2. The van der Waals surface area contributed by atoms with Gasteiger partial charge in [-0.2, -0.15) is 0 Å². The number of likely N-dealkylation sites (N-methyl/N-ethyl adjacent to an activating group) is 2. The van der Waals surface area contributed by atoms with E-state index in [1.54, 1.807) is 57.1 Å². The Morgan fingerprint density at radius 2 is 1.21 bits per heavy atom. The molecule has 8 N–H and O–H groups in total. The Kier molecular flexibility index (Phi) is 17.5. The molecule has 8 amide bonds. The Bertz CT molecular complexity index is 2520. The first-order chi connectivity index (χ1) is 34.7. The maximum Gasteiger partial charge on any atom is 0.319 e. The molecule has 0 saturated carbocycles. The average molecular weight is 1020 g/mol. The third-order valence-corrected chi connectivity index (χ3v) is 17.9. The summed E-state index contributed by atoms with van der Waals surface area (Å²) in [4.78, 5) is 101. The molecule has 17 nitrogen and oxygen atoms in total. The van der Waals surface area contributed by atoms with Crippen LogP contribution in [0.2, 0.25) is 19.1 Å². The van der Waals surface area contributed by atoms with Gasteiger partial charge in [-0.25, -0.2) is 4.79 Å². The quantitative estimate of drug-likeness (QED) is 0.0953. The largest absolute Gasteiger partial charge is 0.348 e. The average Bonchev–Trinajstić information content (AvgIpc) is 3.94. The second kappa shape index (κ2) is 23.4. The fraction of sp³-hybridized carbons (Fsp3) is 0.545. The van der Waals surface area contributed by atoms with E-state index >= 15 is 0 Å². The number of carbonyl (C=O) groups excluding carboxylic acids is 7. The van der Waals surface area contributed by atoms with Gasteiger partial charge in [-0.1, -0.05) is 94.5 Å². The predicted molar refractivity (Wildman–Crippen MR) is 285 cm³/mol. The highest BCUT2D eigenvalue weighted by Crippen LogP contribution is 2.34. The number of hydrogen-bond acceptors (Lipinski definition) is 9. The van der Waals surface area contributed by atoms with Crippen LogP contribution in [0.1, 0.15) is 107 Å². The lowest BCUT2D eigenvalue weighted by atomic mass is 9.85. The Hall–Kier alpha value is -6.11. The molecule has 4 aliphatic rings. The van der Waals surface area contributed by atoms with E-state index in [1.807, 2.05) is 51.1 Å². The maximum absolute atomic E-state index is 14.7. The Morgan fingerprint density at radius 1 is 0.671 bits per heavy atom. The standard InChI is InChI=1S/C55H78N10O7Si/c1-33(56-6)48(66)62-44(52(70)65-32-73(8,9)31-46(65)51(69)61-43-23-15-19-37-17-11-13-21-41(37)43)28-35-24-26-38(27-25-35)58-54(72)59-39-29-45(50(68)60-42-22-14-18-36-16-10-12-20-40(36)42)64(30-39)53(71)47(55(3,4)5)63-49(67)34(2)57-7/h10-13,16-17,20-21,24-27,33-34,39,42-47,56-57H,14-15,18-19,22-23,28-32H2,1-9H3,(H,60,68)(H,61,69)(H,62,66)(H,63,67)(H2,58,59,72)/t33-,34-,39-,42+,43+,44-,45-,46-,47+/m0/s1. The van der Waals surface area contributed by atoms with Crippen LogP contribution >= 0.6 is 0 Å². The van der Waals surface area contributed by atoms with Gasteiger partial charge in [-0.05, 0) is 124 Å². The minimum atomic E-state index is -2.02. The zero-order valence-electron chi connectivity index (χ0n) is 44.2. The van der Waals surface area contributed by atoms with E-state index < -0.39 is 67.7 Å². The summed E-state index contributed by atoms with van der Waals surface area (Å²) >= 11 is 0. The van der Waals surface area contributed by atoms with Crippen molar-refractivity contribution in [2.24, 2.45) is 5.41 Å². The van der Waals surface area contributed by atoms with Crippen molar-refractivity contribution < 1.29 is 33.6 Å². The van der Waals surface area contributed by atoms with Crippen molar-refractivity contribution in [2.45, 2.75) is 159 Å². The van der Waals surface area contributed by atoms with Gasteiger partial charge in [-0.3, -0.25) is 28.8 Å². The second-order valence-electron chi connectivity index (χ2n) is 22.5. The first-order valence-corrected chi connectivity index (χ1v) is 29.6. The molecule has 0 unspecified atom stereocenters. The smallest absolute Gasteiger partial charge is 0.319 e. The number of nitrogens with zero attached hydrogens (tertiary/aromatic N) is 2. The summed E-state index contributed by atoms with van der Waals surface area (Å²) in [5.74, 6) is -1.93. The van der Waals surface area contributed by atoms with E-state index in [0.717, 1.165) is 55.2 Å². The number of fused-ring (bicyclic) bond motifs is 2. The van der Waals surface area contributed by atoms with Crippen molar-refractivity contribution in [2.75, 3.05) is 32.1 Å². The first kappa shape index (κ1) is 54.7. The molecular weight excluding hydrogens is 941 g/mol. The molecular formula is C55H78N10O7Si. The molecule has 7 rings (SSSR count). The van der Waals surface area contributed by atoms with Crippen molar-refractivity contribution in [3.8, 4) is 0 Å². The zero-order chi connectivity index (χ0) is 52.8. The summed E-state index contributed by atoms with van der Waals surface area (Å²) < 4.78 is 0. The van der Waals surface area contributed by atoms with Gasteiger partial charge in [0.15, 0.2) is 0 Å². The van der Waals surface area contributed by atoms with Gasteiger partial charge in [0.05, 0.1) is 38.3 Å². The van der Waals surface area contributed by atoms with Crippen molar-refractivity contribution in [1.82, 2.24) is 47.0 Å². The van der Waals surface area contributed by atoms with Crippen molar-refractivity contribution in [3.05, 3.63) is 101 Å². The van der Waals surface area contributed by atoms with Gasteiger partial charge in [0.2, 0.25) is 35.4 Å². The van der Waals surface area contributed by atoms with Crippen molar-refractivity contribution >= 4 is 55.2 Å². The summed E-state index contributed by atoms with van der Waals surface area (Å²) in [6.07, 6.45) is 6.10. The van der Waals surface area contributed by atoms with Crippen LogP contribution < -0.4 is 42.5 Å². The lowest BCUT2D eigenvalue weighted by molar-refractivity contribution is -0.144. The normalized spacial score (nSPS) is 22.8. The highest BCUT2D eigenvalue weighted by atomic mass is 28.3. The number of likely N-dealkylation sites (tertiary alicyclic amines) is 1. The molecule has 18 heteroatoms. The van der Waals surface area contributed by atoms with Gasteiger partial charge in [0.1, 0.15) is 24.2 Å². The number of nitrogens with one attached hydrogen (secondary N) is 8. The number of benzene rings is 3. The molecule has 0 bridgehead atoms. The number of hydrogen-bond donors (Lipinski definition) is 8. The molecule has 2 aliphatic heterocycles. The van der Waals surface area contributed by atoms with Crippen LogP contribution in [0.5, 0.6) is 0 Å². The van der Waals surface area contributed by atoms with E-state index in [2.05, 4.69) is 73.8 Å². The summed E-state index contributed by atoms with van der Waals surface area (Å²) in [5.41, 5.74) is 5.06. The minimum absolute atomic E-state index is 0.0373. The van der Waals surface area contributed by atoms with Gasteiger partial charge < -0.3 is 52.3 Å². The van der Waals surface area contributed by atoms with Crippen LogP contribution in [0.4, 0.5) is 10.5 Å². The lowest BCUT2D eigenvalue weighted by Gasteiger charge is -2.36. The summed E-state index contributed by atoms with van der Waals surface area (Å²) in [7, 11) is 1.32. The van der Waals surface area contributed by atoms with Crippen LogP contribution in [-0.4, -0.2) is 128 Å². The third-order valence-electron chi connectivity index (χ3n) is 15.2. The topological polar surface area (TPSA) is 222 Å². The second-order valence-corrected chi connectivity index (χ2v) is 27.5. The fourth-order valence-electron chi connectivity index (χ4n) is 10.9. The monoisotopic (exact) mass is 1020 g/mol. The molecule has 2 heterocycles. The number of urea groups is 1. The van der Waals surface area contributed by atoms with Crippen molar-refractivity contribution in [1.29, 1.82) is 0 Å². The number of anilines is 1. The minimum Gasteiger partial charge on any atom is -0.348 e. The Labute approximate surface area is 431 Å².